The van der Waals surface area contributed by atoms with Gasteiger partial charge in [0.05, 0.1) is 5.25 Å². The summed E-state index contributed by atoms with van der Waals surface area (Å²) in [7, 11) is 1.93. The number of aryl methyl sites for hydroxylation is 1. The molecule has 0 aliphatic heterocycles. The van der Waals surface area contributed by atoms with Crippen LogP contribution in [-0.2, 0) is 11.8 Å². The van der Waals surface area contributed by atoms with Crippen LogP contribution in [0.3, 0.4) is 0 Å². The zero-order chi connectivity index (χ0) is 16.6. The third-order valence-corrected chi connectivity index (χ3v) is 5.04. The Morgan fingerprint density at radius 2 is 2.17 bits per heavy atom. The smallest absolute Gasteiger partial charge is 0.237 e. The number of benzene rings is 1. The minimum Gasteiger partial charge on any atom is -0.325 e. The Morgan fingerprint density at radius 3 is 2.83 bits per heavy atom. The summed E-state index contributed by atoms with van der Waals surface area (Å²) < 4.78 is 15.5. The molecule has 1 aromatic heterocycles. The number of carbonyl (C=O) groups excluding carboxylic acids is 1. The van der Waals surface area contributed by atoms with Gasteiger partial charge in [0.25, 0.3) is 0 Å². The van der Waals surface area contributed by atoms with Crippen LogP contribution < -0.4 is 5.32 Å². The summed E-state index contributed by atoms with van der Waals surface area (Å²) in [6, 6.07) is 4.67. The van der Waals surface area contributed by atoms with Crippen LogP contribution in [0.2, 0.25) is 0 Å². The summed E-state index contributed by atoms with van der Waals surface area (Å²) >= 11 is 1.35. The Morgan fingerprint density at radius 1 is 1.43 bits per heavy atom. The van der Waals surface area contributed by atoms with Crippen molar-refractivity contribution >= 4 is 23.4 Å². The van der Waals surface area contributed by atoms with E-state index in [0.29, 0.717) is 17.2 Å². The van der Waals surface area contributed by atoms with Crippen molar-refractivity contribution in [3.05, 3.63) is 35.4 Å². The molecule has 7 heteroatoms. The van der Waals surface area contributed by atoms with Crippen LogP contribution >= 0.6 is 11.8 Å². The molecule has 0 bridgehead atoms. The maximum absolute atomic E-state index is 13.5. The van der Waals surface area contributed by atoms with Gasteiger partial charge >= 0.3 is 0 Å². The molecule has 1 saturated carbocycles. The fourth-order valence-corrected chi connectivity index (χ4v) is 3.07. The molecule has 1 atom stereocenters. The Bertz CT molecular complexity index is 742. The number of thioether (sulfide) groups is 1. The van der Waals surface area contributed by atoms with E-state index in [4.69, 9.17) is 0 Å². The SMILES string of the molecule is Cc1ccc(NC(=O)[C@@H](C)Sc2nnc(C3CC3)n2C)cc1F. The van der Waals surface area contributed by atoms with Gasteiger partial charge < -0.3 is 9.88 Å². The number of carbonyl (C=O) groups is 1. The second-order valence-corrected chi connectivity index (χ2v) is 7.20. The Hall–Kier alpha value is -1.89. The van der Waals surface area contributed by atoms with Crippen LogP contribution in [-0.4, -0.2) is 25.9 Å². The van der Waals surface area contributed by atoms with Crippen LogP contribution in [0.5, 0.6) is 0 Å². The van der Waals surface area contributed by atoms with E-state index >= 15 is 0 Å². The van der Waals surface area contributed by atoms with E-state index in [1.807, 2.05) is 11.6 Å². The highest BCUT2D eigenvalue weighted by molar-refractivity contribution is 8.00. The number of nitrogens with one attached hydrogen (secondary N) is 1. The quantitative estimate of drug-likeness (QED) is 0.853. The number of halogens is 1. The average Bonchev–Trinajstić information content (AvgIpc) is 3.29. The molecule has 1 heterocycles. The molecular weight excluding hydrogens is 315 g/mol. The molecule has 1 N–H and O–H groups in total. The standard InChI is InChI=1S/C16H19FN4OS/c1-9-4-7-12(8-13(9)17)18-15(22)10(2)23-16-20-19-14(21(16)3)11-5-6-11/h4,7-8,10-11H,5-6H2,1-3H3,(H,18,22)/t10-/m1/s1. The summed E-state index contributed by atoms with van der Waals surface area (Å²) in [5.74, 6) is 0.988. The first-order valence-electron chi connectivity index (χ1n) is 7.58. The maximum Gasteiger partial charge on any atom is 0.237 e. The van der Waals surface area contributed by atoms with Gasteiger partial charge in [-0.2, -0.15) is 0 Å². The Labute approximate surface area is 138 Å². The highest BCUT2D eigenvalue weighted by Crippen LogP contribution is 2.39. The minimum absolute atomic E-state index is 0.186. The summed E-state index contributed by atoms with van der Waals surface area (Å²) in [6.07, 6.45) is 2.32. The number of nitrogens with zero attached hydrogens (tertiary/aromatic N) is 3. The predicted octanol–water partition coefficient (Wildman–Crippen LogP) is 3.26. The van der Waals surface area contributed by atoms with Crippen LogP contribution in [0.15, 0.2) is 23.4 Å². The molecule has 1 aromatic carbocycles. The third kappa shape index (κ3) is 3.55. The zero-order valence-electron chi connectivity index (χ0n) is 13.3. The van der Waals surface area contributed by atoms with Gasteiger partial charge in [-0.1, -0.05) is 17.8 Å². The fraction of sp³-hybridized carbons (Fsp3) is 0.438. The molecule has 0 unspecified atom stereocenters. The van der Waals surface area contributed by atoms with E-state index < -0.39 is 0 Å². The summed E-state index contributed by atoms with van der Waals surface area (Å²) in [5, 5.41) is 11.5. The Balaban J connectivity index is 1.64. The molecule has 23 heavy (non-hydrogen) atoms. The lowest BCUT2D eigenvalue weighted by molar-refractivity contribution is -0.115. The van der Waals surface area contributed by atoms with E-state index in [-0.39, 0.29) is 17.0 Å². The number of amides is 1. The summed E-state index contributed by atoms with van der Waals surface area (Å²) in [5.41, 5.74) is 1.01. The first kappa shape index (κ1) is 16.0. The third-order valence-electron chi connectivity index (χ3n) is 3.90. The molecular formula is C16H19FN4OS. The molecule has 0 radical (unpaired) electrons. The lowest BCUT2D eigenvalue weighted by atomic mass is 10.2. The first-order chi connectivity index (χ1) is 11.0. The number of hydrogen-bond acceptors (Lipinski definition) is 4. The number of aromatic nitrogens is 3. The van der Waals surface area contributed by atoms with Gasteiger partial charge in [0, 0.05) is 18.7 Å². The molecule has 5 nitrogen and oxygen atoms in total. The molecule has 122 valence electrons. The number of hydrogen-bond donors (Lipinski definition) is 1. The normalized spacial score (nSPS) is 15.5. The van der Waals surface area contributed by atoms with E-state index in [9.17, 15) is 9.18 Å². The van der Waals surface area contributed by atoms with Gasteiger partial charge in [0.2, 0.25) is 5.91 Å². The molecule has 2 aromatic rings. The molecule has 1 fully saturated rings. The van der Waals surface area contributed by atoms with Crippen molar-refractivity contribution in [3.63, 3.8) is 0 Å². The monoisotopic (exact) mass is 334 g/mol. The lowest BCUT2D eigenvalue weighted by Gasteiger charge is -2.12. The van der Waals surface area contributed by atoms with Gasteiger partial charge in [0.15, 0.2) is 5.16 Å². The first-order valence-corrected chi connectivity index (χ1v) is 8.46. The molecule has 3 rings (SSSR count). The Kier molecular flexibility index (Phi) is 4.39. The lowest BCUT2D eigenvalue weighted by Crippen LogP contribution is -2.23. The molecule has 1 aliphatic rings. The van der Waals surface area contributed by atoms with Crippen LogP contribution in [0, 0.1) is 12.7 Å². The summed E-state index contributed by atoms with van der Waals surface area (Å²) in [4.78, 5) is 12.3. The number of rotatable bonds is 5. The highest BCUT2D eigenvalue weighted by Gasteiger charge is 2.30. The number of anilines is 1. The highest BCUT2D eigenvalue weighted by atomic mass is 32.2. The van der Waals surface area contributed by atoms with Crippen LogP contribution in [0.25, 0.3) is 0 Å². The zero-order valence-corrected chi connectivity index (χ0v) is 14.2. The average molecular weight is 334 g/mol. The second-order valence-electron chi connectivity index (χ2n) is 5.89. The van der Waals surface area contributed by atoms with Crippen molar-refractivity contribution in [1.29, 1.82) is 0 Å². The predicted molar refractivity (Wildman–Crippen MR) is 88.1 cm³/mol. The van der Waals surface area contributed by atoms with Crippen LogP contribution in [0.4, 0.5) is 10.1 Å². The van der Waals surface area contributed by atoms with Gasteiger partial charge in [-0.05, 0) is 44.4 Å². The molecule has 1 aliphatic carbocycles. The van der Waals surface area contributed by atoms with Crippen molar-refractivity contribution in [3.8, 4) is 0 Å². The second kappa shape index (κ2) is 6.31. The van der Waals surface area contributed by atoms with Gasteiger partial charge in [-0.15, -0.1) is 10.2 Å². The van der Waals surface area contributed by atoms with E-state index in [1.54, 1.807) is 26.0 Å². The largest absolute Gasteiger partial charge is 0.325 e. The van der Waals surface area contributed by atoms with Gasteiger partial charge in [-0.3, -0.25) is 4.79 Å². The van der Waals surface area contributed by atoms with E-state index in [0.717, 1.165) is 23.8 Å². The molecule has 1 amide bonds. The topological polar surface area (TPSA) is 59.8 Å². The fourth-order valence-electron chi connectivity index (χ4n) is 2.25. The maximum atomic E-state index is 13.5. The van der Waals surface area contributed by atoms with Crippen molar-refractivity contribution in [2.75, 3.05) is 5.32 Å². The van der Waals surface area contributed by atoms with Gasteiger partial charge in [-0.25, -0.2) is 4.39 Å². The van der Waals surface area contributed by atoms with E-state index in [1.165, 1.54) is 17.8 Å². The van der Waals surface area contributed by atoms with Crippen molar-refractivity contribution in [1.82, 2.24) is 14.8 Å². The summed E-state index contributed by atoms with van der Waals surface area (Å²) in [6.45, 7) is 3.49. The molecule has 0 saturated heterocycles. The van der Waals surface area contributed by atoms with Gasteiger partial charge in [0.1, 0.15) is 11.6 Å². The van der Waals surface area contributed by atoms with Crippen molar-refractivity contribution in [2.45, 2.75) is 43.0 Å². The minimum atomic E-state index is -0.352. The van der Waals surface area contributed by atoms with Crippen molar-refractivity contribution < 1.29 is 9.18 Å². The molecule has 0 spiro atoms. The van der Waals surface area contributed by atoms with E-state index in [2.05, 4.69) is 15.5 Å². The van der Waals surface area contributed by atoms with Crippen molar-refractivity contribution in [2.24, 2.45) is 7.05 Å². The van der Waals surface area contributed by atoms with Crippen LogP contribution in [0.1, 0.15) is 37.1 Å².